The van der Waals surface area contributed by atoms with E-state index in [2.05, 4.69) is 35.0 Å². The predicted molar refractivity (Wildman–Crippen MR) is 85.7 cm³/mol. The lowest BCUT2D eigenvalue weighted by Gasteiger charge is -2.08. The normalized spacial score (nSPS) is 10.8. The molecule has 0 radical (unpaired) electrons. The summed E-state index contributed by atoms with van der Waals surface area (Å²) in [5.74, 6) is 1.87. The SMILES string of the molecule is CCn1c(CNc2ccccc2)nc2cc(OC)ccc21. The van der Waals surface area contributed by atoms with Crippen LogP contribution in [0.3, 0.4) is 0 Å². The number of aromatic nitrogens is 2. The van der Waals surface area contributed by atoms with Crippen molar-refractivity contribution in [2.45, 2.75) is 20.0 Å². The van der Waals surface area contributed by atoms with Gasteiger partial charge in [0.2, 0.25) is 0 Å². The second kappa shape index (κ2) is 5.87. The molecule has 1 N–H and O–H groups in total. The zero-order valence-electron chi connectivity index (χ0n) is 12.3. The van der Waals surface area contributed by atoms with Crippen molar-refractivity contribution >= 4 is 16.7 Å². The summed E-state index contributed by atoms with van der Waals surface area (Å²) in [6.07, 6.45) is 0. The molecule has 0 aliphatic rings. The van der Waals surface area contributed by atoms with E-state index in [4.69, 9.17) is 9.72 Å². The van der Waals surface area contributed by atoms with Gasteiger partial charge in [-0.25, -0.2) is 4.98 Å². The lowest BCUT2D eigenvalue weighted by Crippen LogP contribution is -2.07. The maximum absolute atomic E-state index is 5.27. The number of para-hydroxylation sites is 1. The van der Waals surface area contributed by atoms with Crippen LogP contribution in [0.1, 0.15) is 12.7 Å². The van der Waals surface area contributed by atoms with Crippen molar-refractivity contribution in [2.24, 2.45) is 0 Å². The molecular weight excluding hydrogens is 262 g/mol. The summed E-state index contributed by atoms with van der Waals surface area (Å²) >= 11 is 0. The summed E-state index contributed by atoms with van der Waals surface area (Å²) in [5, 5.41) is 3.41. The Bertz CT molecular complexity index is 734. The Morgan fingerprint density at radius 2 is 1.95 bits per heavy atom. The smallest absolute Gasteiger partial charge is 0.129 e. The van der Waals surface area contributed by atoms with Crippen LogP contribution in [0.25, 0.3) is 11.0 Å². The van der Waals surface area contributed by atoms with E-state index in [9.17, 15) is 0 Å². The van der Waals surface area contributed by atoms with E-state index in [1.54, 1.807) is 7.11 Å². The number of anilines is 1. The quantitative estimate of drug-likeness (QED) is 0.775. The highest BCUT2D eigenvalue weighted by Crippen LogP contribution is 2.22. The second-order valence-corrected chi connectivity index (χ2v) is 4.85. The summed E-state index contributed by atoms with van der Waals surface area (Å²) in [5.41, 5.74) is 3.22. The molecule has 1 heterocycles. The van der Waals surface area contributed by atoms with E-state index in [1.165, 1.54) is 0 Å². The van der Waals surface area contributed by atoms with Gasteiger partial charge in [-0.2, -0.15) is 0 Å². The van der Waals surface area contributed by atoms with Crippen LogP contribution >= 0.6 is 0 Å². The van der Waals surface area contributed by atoms with Gasteiger partial charge in [0, 0.05) is 18.3 Å². The highest BCUT2D eigenvalue weighted by atomic mass is 16.5. The van der Waals surface area contributed by atoms with Crippen molar-refractivity contribution in [3.8, 4) is 5.75 Å². The fourth-order valence-corrected chi connectivity index (χ4v) is 2.51. The molecule has 0 bridgehead atoms. The Labute approximate surface area is 124 Å². The van der Waals surface area contributed by atoms with E-state index in [0.717, 1.165) is 34.8 Å². The van der Waals surface area contributed by atoms with Crippen LogP contribution in [0, 0.1) is 0 Å². The van der Waals surface area contributed by atoms with Gasteiger partial charge in [-0.15, -0.1) is 0 Å². The van der Waals surface area contributed by atoms with Crippen LogP contribution < -0.4 is 10.1 Å². The van der Waals surface area contributed by atoms with Gasteiger partial charge in [-0.05, 0) is 31.2 Å². The Kier molecular flexibility index (Phi) is 3.77. The summed E-state index contributed by atoms with van der Waals surface area (Å²) in [7, 11) is 1.68. The van der Waals surface area contributed by atoms with Crippen molar-refractivity contribution in [1.29, 1.82) is 0 Å². The fourth-order valence-electron chi connectivity index (χ4n) is 2.51. The van der Waals surface area contributed by atoms with Crippen molar-refractivity contribution < 1.29 is 4.74 Å². The van der Waals surface area contributed by atoms with Gasteiger partial charge >= 0.3 is 0 Å². The van der Waals surface area contributed by atoms with E-state index in [0.29, 0.717) is 6.54 Å². The predicted octanol–water partition coefficient (Wildman–Crippen LogP) is 3.68. The molecule has 108 valence electrons. The summed E-state index contributed by atoms with van der Waals surface area (Å²) in [6, 6.07) is 16.2. The number of fused-ring (bicyclic) bond motifs is 1. The first-order chi connectivity index (χ1) is 10.3. The Morgan fingerprint density at radius 3 is 2.67 bits per heavy atom. The molecule has 4 heteroatoms. The first-order valence-electron chi connectivity index (χ1n) is 7.14. The zero-order chi connectivity index (χ0) is 14.7. The molecule has 21 heavy (non-hydrogen) atoms. The number of hydrogen-bond acceptors (Lipinski definition) is 3. The number of hydrogen-bond donors (Lipinski definition) is 1. The molecule has 0 amide bonds. The van der Waals surface area contributed by atoms with Crippen molar-refractivity contribution in [2.75, 3.05) is 12.4 Å². The van der Waals surface area contributed by atoms with Gasteiger partial charge in [0.05, 0.1) is 24.7 Å². The molecule has 0 unspecified atom stereocenters. The highest BCUT2D eigenvalue weighted by molar-refractivity contribution is 5.78. The minimum atomic E-state index is 0.703. The summed E-state index contributed by atoms with van der Waals surface area (Å²) in [4.78, 5) is 4.73. The standard InChI is InChI=1S/C17H19N3O/c1-3-20-16-10-9-14(21-2)11-15(16)19-17(20)12-18-13-7-5-4-6-8-13/h4-11,18H,3,12H2,1-2H3. The van der Waals surface area contributed by atoms with Gasteiger partial charge in [-0.1, -0.05) is 18.2 Å². The number of benzene rings is 2. The minimum Gasteiger partial charge on any atom is -0.497 e. The first-order valence-corrected chi connectivity index (χ1v) is 7.14. The van der Waals surface area contributed by atoms with Crippen LogP contribution in [-0.2, 0) is 13.1 Å². The molecule has 0 saturated carbocycles. The third kappa shape index (κ3) is 2.70. The molecule has 4 nitrogen and oxygen atoms in total. The molecule has 1 aromatic heterocycles. The third-order valence-corrected chi connectivity index (χ3v) is 3.58. The number of nitrogens with zero attached hydrogens (tertiary/aromatic N) is 2. The number of methoxy groups -OCH3 is 1. The third-order valence-electron chi connectivity index (χ3n) is 3.58. The Hall–Kier alpha value is -2.49. The maximum Gasteiger partial charge on any atom is 0.129 e. The largest absolute Gasteiger partial charge is 0.497 e. The van der Waals surface area contributed by atoms with Crippen molar-refractivity contribution in [1.82, 2.24) is 9.55 Å². The maximum atomic E-state index is 5.27. The lowest BCUT2D eigenvalue weighted by molar-refractivity contribution is 0.415. The average Bonchev–Trinajstić information content (AvgIpc) is 2.90. The molecule has 0 aliphatic carbocycles. The van der Waals surface area contributed by atoms with E-state index in [-0.39, 0.29) is 0 Å². The molecule has 0 atom stereocenters. The van der Waals surface area contributed by atoms with Gasteiger partial charge in [-0.3, -0.25) is 0 Å². The van der Waals surface area contributed by atoms with Crippen LogP contribution in [-0.4, -0.2) is 16.7 Å². The van der Waals surface area contributed by atoms with Crippen LogP contribution in [0.4, 0.5) is 5.69 Å². The number of rotatable bonds is 5. The molecule has 0 aliphatic heterocycles. The number of imidazole rings is 1. The zero-order valence-corrected chi connectivity index (χ0v) is 12.3. The van der Waals surface area contributed by atoms with E-state index >= 15 is 0 Å². The second-order valence-electron chi connectivity index (χ2n) is 4.85. The molecular formula is C17H19N3O. The summed E-state index contributed by atoms with van der Waals surface area (Å²) in [6.45, 7) is 3.74. The van der Waals surface area contributed by atoms with Gasteiger partial charge in [0.15, 0.2) is 0 Å². The molecule has 3 rings (SSSR count). The minimum absolute atomic E-state index is 0.703. The van der Waals surface area contributed by atoms with Crippen LogP contribution in [0.15, 0.2) is 48.5 Å². The van der Waals surface area contributed by atoms with E-state index < -0.39 is 0 Å². The Balaban J connectivity index is 1.90. The fraction of sp³-hybridized carbons (Fsp3) is 0.235. The highest BCUT2D eigenvalue weighted by Gasteiger charge is 2.10. The number of ether oxygens (including phenoxy) is 1. The van der Waals surface area contributed by atoms with Crippen LogP contribution in [0.5, 0.6) is 5.75 Å². The molecule has 0 saturated heterocycles. The van der Waals surface area contributed by atoms with Crippen LogP contribution in [0.2, 0.25) is 0 Å². The molecule has 0 spiro atoms. The van der Waals surface area contributed by atoms with Crippen molar-refractivity contribution in [3.05, 3.63) is 54.4 Å². The van der Waals surface area contributed by atoms with E-state index in [1.807, 2.05) is 30.3 Å². The first kappa shape index (κ1) is 13.5. The monoisotopic (exact) mass is 281 g/mol. The number of aryl methyl sites for hydroxylation is 1. The average molecular weight is 281 g/mol. The lowest BCUT2D eigenvalue weighted by atomic mass is 10.3. The Morgan fingerprint density at radius 1 is 1.14 bits per heavy atom. The molecule has 2 aromatic carbocycles. The molecule has 0 fully saturated rings. The van der Waals surface area contributed by atoms with Gasteiger partial charge in [0.25, 0.3) is 0 Å². The number of nitrogens with one attached hydrogen (secondary N) is 1. The summed E-state index contributed by atoms with van der Waals surface area (Å²) < 4.78 is 7.50. The van der Waals surface area contributed by atoms with Gasteiger partial charge in [0.1, 0.15) is 11.6 Å². The topological polar surface area (TPSA) is 39.1 Å². The molecule has 3 aromatic rings. The van der Waals surface area contributed by atoms with Crippen molar-refractivity contribution in [3.63, 3.8) is 0 Å². The van der Waals surface area contributed by atoms with Gasteiger partial charge < -0.3 is 14.6 Å².